The average molecular weight is 339 g/mol. The van der Waals surface area contributed by atoms with Gasteiger partial charge < -0.3 is 14.5 Å². The van der Waals surface area contributed by atoms with Crippen LogP contribution in [0.15, 0.2) is 28.7 Å². The predicted molar refractivity (Wildman–Crippen MR) is 94.9 cm³/mol. The lowest BCUT2D eigenvalue weighted by molar-refractivity contribution is -0.118. The molecule has 0 atom stereocenters. The van der Waals surface area contributed by atoms with E-state index in [-0.39, 0.29) is 12.5 Å². The fourth-order valence-corrected chi connectivity index (χ4v) is 3.27. The van der Waals surface area contributed by atoms with E-state index in [1.807, 2.05) is 31.2 Å². The summed E-state index contributed by atoms with van der Waals surface area (Å²) in [6, 6.07) is 7.55. The summed E-state index contributed by atoms with van der Waals surface area (Å²) in [5.41, 5.74) is 3.17. The van der Waals surface area contributed by atoms with Gasteiger partial charge in [-0.05, 0) is 43.9 Å². The third-order valence-electron chi connectivity index (χ3n) is 4.58. The van der Waals surface area contributed by atoms with E-state index in [1.54, 1.807) is 0 Å². The van der Waals surface area contributed by atoms with Crippen molar-refractivity contribution in [1.82, 2.24) is 10.2 Å². The number of carbonyl (C=O) groups is 1. The molecular weight excluding hydrogens is 318 g/mol. The minimum Gasteiger partial charge on any atom is -0.484 e. The molecule has 1 amide bonds. The number of benzene rings is 1. The topological polar surface area (TPSA) is 80.2 Å². The van der Waals surface area contributed by atoms with E-state index in [2.05, 4.69) is 15.5 Å². The highest BCUT2D eigenvalue weighted by Gasteiger charge is 2.18. The number of aromatic amines is 1. The zero-order valence-corrected chi connectivity index (χ0v) is 14.2. The Bertz CT molecular complexity index is 910. The van der Waals surface area contributed by atoms with Crippen LogP contribution in [-0.2, 0) is 24.1 Å². The first kappa shape index (κ1) is 15.7. The number of nitrogens with one attached hydrogen (secondary N) is 2. The summed E-state index contributed by atoms with van der Waals surface area (Å²) in [5, 5.41) is 10.7. The first-order chi connectivity index (χ1) is 12.2. The largest absolute Gasteiger partial charge is 0.484 e. The molecule has 2 N–H and O–H groups in total. The Hall–Kier alpha value is -2.76. The normalized spacial score (nSPS) is 13.6. The summed E-state index contributed by atoms with van der Waals surface area (Å²) in [4.78, 5) is 12.0. The molecule has 1 aliphatic carbocycles. The number of anilines is 1. The second kappa shape index (κ2) is 6.63. The number of carbonyl (C=O) groups excluding carboxylic acids is 1. The van der Waals surface area contributed by atoms with E-state index < -0.39 is 0 Å². The van der Waals surface area contributed by atoms with Crippen molar-refractivity contribution in [2.75, 3.05) is 11.9 Å². The lowest BCUT2D eigenvalue weighted by atomic mass is 9.96. The summed E-state index contributed by atoms with van der Waals surface area (Å²) < 4.78 is 11.6. The van der Waals surface area contributed by atoms with Gasteiger partial charge in [0.05, 0.1) is 0 Å². The van der Waals surface area contributed by atoms with E-state index >= 15 is 0 Å². The van der Waals surface area contributed by atoms with Crippen molar-refractivity contribution < 1.29 is 13.9 Å². The lowest BCUT2D eigenvalue weighted by Crippen LogP contribution is -2.20. The number of H-pyrrole nitrogens is 1. The molecule has 0 saturated heterocycles. The van der Waals surface area contributed by atoms with Crippen LogP contribution in [0.1, 0.15) is 36.8 Å². The molecule has 3 aromatic rings. The molecule has 130 valence electrons. The molecule has 0 radical (unpaired) electrons. The fraction of sp³-hybridized carbons (Fsp3) is 0.368. The van der Waals surface area contributed by atoms with Gasteiger partial charge in [0, 0.05) is 29.1 Å². The number of fused-ring (bicyclic) bond motifs is 3. The molecule has 0 aliphatic heterocycles. The Morgan fingerprint density at radius 1 is 1.32 bits per heavy atom. The van der Waals surface area contributed by atoms with Gasteiger partial charge in [-0.2, -0.15) is 5.10 Å². The molecule has 2 aromatic heterocycles. The van der Waals surface area contributed by atoms with Crippen molar-refractivity contribution in [1.29, 1.82) is 0 Å². The van der Waals surface area contributed by atoms with Crippen molar-refractivity contribution in [2.24, 2.45) is 0 Å². The third kappa shape index (κ3) is 3.24. The molecule has 0 spiro atoms. The van der Waals surface area contributed by atoms with Crippen molar-refractivity contribution in [3.63, 3.8) is 0 Å². The second-order valence-electron chi connectivity index (χ2n) is 6.34. The van der Waals surface area contributed by atoms with Crippen LogP contribution in [0.5, 0.6) is 5.75 Å². The maximum Gasteiger partial charge on any atom is 0.263 e. The van der Waals surface area contributed by atoms with Crippen LogP contribution < -0.4 is 10.1 Å². The van der Waals surface area contributed by atoms with Crippen LogP contribution in [-0.4, -0.2) is 22.7 Å². The molecule has 1 aromatic carbocycles. The van der Waals surface area contributed by atoms with Gasteiger partial charge in [-0.25, -0.2) is 0 Å². The van der Waals surface area contributed by atoms with Crippen LogP contribution in [0.4, 0.5) is 5.82 Å². The zero-order chi connectivity index (χ0) is 17.2. The molecular formula is C19H21N3O3. The van der Waals surface area contributed by atoms with Crippen molar-refractivity contribution in [2.45, 2.75) is 39.0 Å². The van der Waals surface area contributed by atoms with Gasteiger partial charge >= 0.3 is 0 Å². The van der Waals surface area contributed by atoms with Crippen molar-refractivity contribution in [3.05, 3.63) is 41.3 Å². The monoisotopic (exact) mass is 339 g/mol. The number of rotatable bonds is 5. The van der Waals surface area contributed by atoms with E-state index in [0.29, 0.717) is 11.6 Å². The van der Waals surface area contributed by atoms with E-state index in [9.17, 15) is 4.79 Å². The molecule has 0 fully saturated rings. The predicted octanol–water partition coefficient (Wildman–Crippen LogP) is 3.61. The molecule has 6 heteroatoms. The Balaban J connectivity index is 1.42. The number of hydrogen-bond donors (Lipinski definition) is 2. The highest BCUT2D eigenvalue weighted by molar-refractivity contribution is 5.91. The minimum atomic E-state index is -0.233. The smallest absolute Gasteiger partial charge is 0.263 e. The molecule has 6 nitrogen and oxygen atoms in total. The van der Waals surface area contributed by atoms with Crippen LogP contribution in [0.3, 0.4) is 0 Å². The van der Waals surface area contributed by atoms with Crippen LogP contribution in [0.25, 0.3) is 11.0 Å². The standard InChI is InChI=1S/C19H21N3O3/c1-2-12-9-18(22-21-12)20-19(23)11-24-13-7-8-17-15(10-13)14-5-3-4-6-16(14)25-17/h7-10H,2-6,11H2,1H3,(H2,20,21,22,23). The molecule has 4 rings (SSSR count). The molecule has 0 saturated carbocycles. The summed E-state index contributed by atoms with van der Waals surface area (Å²) in [6.45, 7) is 1.97. The summed E-state index contributed by atoms with van der Waals surface area (Å²) >= 11 is 0. The van der Waals surface area contributed by atoms with E-state index in [1.165, 1.54) is 18.4 Å². The number of ether oxygens (including phenoxy) is 1. The summed E-state index contributed by atoms with van der Waals surface area (Å²) in [5.74, 6) is 2.06. The number of aromatic nitrogens is 2. The average Bonchev–Trinajstić information content (AvgIpc) is 3.23. The number of furan rings is 1. The first-order valence-corrected chi connectivity index (χ1v) is 8.74. The summed E-state index contributed by atoms with van der Waals surface area (Å²) in [7, 11) is 0. The first-order valence-electron chi connectivity index (χ1n) is 8.74. The molecule has 0 bridgehead atoms. The van der Waals surface area contributed by atoms with Crippen molar-refractivity contribution in [3.8, 4) is 5.75 Å². The highest BCUT2D eigenvalue weighted by atomic mass is 16.5. The van der Waals surface area contributed by atoms with Gasteiger partial charge in [-0.3, -0.25) is 9.89 Å². The van der Waals surface area contributed by atoms with Gasteiger partial charge in [0.2, 0.25) is 0 Å². The maximum absolute atomic E-state index is 12.0. The lowest BCUT2D eigenvalue weighted by Gasteiger charge is -2.09. The number of amides is 1. The van der Waals surface area contributed by atoms with Gasteiger partial charge in [0.25, 0.3) is 5.91 Å². The zero-order valence-electron chi connectivity index (χ0n) is 14.2. The number of aryl methyl sites for hydroxylation is 3. The summed E-state index contributed by atoms with van der Waals surface area (Å²) in [6.07, 6.45) is 5.27. The molecule has 2 heterocycles. The van der Waals surface area contributed by atoms with Gasteiger partial charge in [-0.1, -0.05) is 6.92 Å². The fourth-order valence-electron chi connectivity index (χ4n) is 3.27. The van der Waals surface area contributed by atoms with Crippen LogP contribution in [0.2, 0.25) is 0 Å². The SMILES string of the molecule is CCc1cc(NC(=O)COc2ccc3oc4c(c3c2)CCCC4)n[nH]1. The van der Waals surface area contributed by atoms with Crippen LogP contribution >= 0.6 is 0 Å². The van der Waals surface area contributed by atoms with Gasteiger partial charge in [0.15, 0.2) is 12.4 Å². The minimum absolute atomic E-state index is 0.0557. The molecule has 25 heavy (non-hydrogen) atoms. The van der Waals surface area contributed by atoms with E-state index in [4.69, 9.17) is 9.15 Å². The Labute approximate surface area is 145 Å². The number of hydrogen-bond acceptors (Lipinski definition) is 4. The van der Waals surface area contributed by atoms with Crippen molar-refractivity contribution >= 4 is 22.7 Å². The van der Waals surface area contributed by atoms with Gasteiger partial charge in [0.1, 0.15) is 17.1 Å². The van der Waals surface area contributed by atoms with E-state index in [0.717, 1.165) is 41.7 Å². The van der Waals surface area contributed by atoms with Gasteiger partial charge in [-0.15, -0.1) is 0 Å². The molecule has 1 aliphatic rings. The second-order valence-corrected chi connectivity index (χ2v) is 6.34. The Kier molecular flexibility index (Phi) is 4.17. The Morgan fingerprint density at radius 2 is 2.20 bits per heavy atom. The highest BCUT2D eigenvalue weighted by Crippen LogP contribution is 2.33. The Morgan fingerprint density at radius 3 is 3.04 bits per heavy atom. The van der Waals surface area contributed by atoms with Crippen LogP contribution in [0, 0.1) is 0 Å². The molecule has 0 unspecified atom stereocenters. The maximum atomic E-state index is 12.0. The number of nitrogens with zero attached hydrogens (tertiary/aromatic N) is 1. The third-order valence-corrected chi connectivity index (χ3v) is 4.58. The quantitative estimate of drug-likeness (QED) is 0.744.